The lowest BCUT2D eigenvalue weighted by atomic mass is 10.1. The highest BCUT2D eigenvalue weighted by atomic mass is 19.4. The fourth-order valence-electron chi connectivity index (χ4n) is 5.08. The highest BCUT2D eigenvalue weighted by Crippen LogP contribution is 2.37. The van der Waals surface area contributed by atoms with E-state index in [2.05, 4.69) is 15.2 Å². The molecule has 0 saturated carbocycles. The van der Waals surface area contributed by atoms with E-state index in [9.17, 15) is 31.4 Å². The van der Waals surface area contributed by atoms with Gasteiger partial charge in [-0.05, 0) is 55.5 Å². The molecule has 4 heterocycles. The quantitative estimate of drug-likeness (QED) is 0.377. The van der Waals surface area contributed by atoms with Crippen LogP contribution in [0.25, 0.3) is 0 Å². The summed E-state index contributed by atoms with van der Waals surface area (Å²) in [6, 6.07) is 7.50. The largest absolute Gasteiger partial charge is 0.419 e. The van der Waals surface area contributed by atoms with E-state index in [1.165, 1.54) is 36.5 Å². The minimum atomic E-state index is -4.78. The van der Waals surface area contributed by atoms with Gasteiger partial charge in [-0.2, -0.15) is 31.3 Å². The fourth-order valence-corrected chi connectivity index (χ4v) is 5.08. The molecule has 1 saturated heterocycles. The van der Waals surface area contributed by atoms with Crippen LogP contribution in [0.3, 0.4) is 0 Å². The van der Waals surface area contributed by atoms with Crippen LogP contribution in [0.4, 0.5) is 49.6 Å². The summed E-state index contributed by atoms with van der Waals surface area (Å²) >= 11 is 0. The van der Waals surface area contributed by atoms with Crippen molar-refractivity contribution in [2.24, 2.45) is 0 Å². The number of nitrogens with one attached hydrogen (secondary N) is 1. The predicted molar refractivity (Wildman–Crippen MR) is 138 cm³/mol. The number of hydrogen-bond donors (Lipinski definition) is 2. The van der Waals surface area contributed by atoms with E-state index in [-0.39, 0.29) is 24.5 Å². The van der Waals surface area contributed by atoms with Crippen molar-refractivity contribution in [3.05, 3.63) is 65.0 Å². The molecule has 0 radical (unpaired) electrons. The summed E-state index contributed by atoms with van der Waals surface area (Å²) in [5.74, 6) is 0.821. The molecule has 2 N–H and O–H groups in total. The van der Waals surface area contributed by atoms with Crippen molar-refractivity contribution in [2.45, 2.75) is 50.6 Å². The van der Waals surface area contributed by atoms with Gasteiger partial charge in [-0.25, -0.2) is 9.97 Å². The molecule has 1 aromatic carbocycles. The number of alkyl halides is 6. The average molecular weight is 567 g/mol. The van der Waals surface area contributed by atoms with Crippen LogP contribution in [0.5, 0.6) is 0 Å². The number of anilines is 4. The maximum atomic E-state index is 13.7. The van der Waals surface area contributed by atoms with Crippen LogP contribution >= 0.6 is 0 Å². The lowest BCUT2D eigenvalue weighted by Crippen LogP contribution is -2.31. The second-order valence-electron chi connectivity index (χ2n) is 9.90. The van der Waals surface area contributed by atoms with Crippen LogP contribution in [0, 0.1) is 0 Å². The second kappa shape index (κ2) is 11.1. The third kappa shape index (κ3) is 6.08. The summed E-state index contributed by atoms with van der Waals surface area (Å²) in [6.07, 6.45) is -6.83. The van der Waals surface area contributed by atoms with Crippen LogP contribution in [0.15, 0.2) is 42.6 Å². The van der Waals surface area contributed by atoms with Gasteiger partial charge in [-0.15, -0.1) is 0 Å². The number of piperidine rings is 1. The van der Waals surface area contributed by atoms with Crippen LogP contribution in [0.2, 0.25) is 0 Å². The zero-order chi connectivity index (χ0) is 28.5. The highest BCUT2D eigenvalue weighted by Gasteiger charge is 2.39. The SMILES string of the molecule is OC(c1ccc(Nc2nc(N3CCCCC3)nc3c2CCN(c2ncccc2C(F)(F)F)CC3)cc1)C(F)(F)F. The van der Waals surface area contributed by atoms with E-state index in [0.717, 1.165) is 44.0 Å². The van der Waals surface area contributed by atoms with E-state index in [1.54, 1.807) is 4.90 Å². The molecule has 2 aromatic heterocycles. The van der Waals surface area contributed by atoms with Gasteiger partial charge in [-0.1, -0.05) is 12.1 Å². The van der Waals surface area contributed by atoms with Crippen molar-refractivity contribution in [1.29, 1.82) is 0 Å². The smallest absolute Gasteiger partial charge is 0.379 e. The number of halogens is 6. The molecule has 0 amide bonds. The van der Waals surface area contributed by atoms with Crippen LogP contribution in [0.1, 0.15) is 47.8 Å². The molecule has 7 nitrogen and oxygen atoms in total. The molecule has 214 valence electrons. The molecule has 40 heavy (non-hydrogen) atoms. The summed E-state index contributed by atoms with van der Waals surface area (Å²) in [6.45, 7) is 2.06. The van der Waals surface area contributed by atoms with Crippen molar-refractivity contribution in [1.82, 2.24) is 15.0 Å². The summed E-state index contributed by atoms with van der Waals surface area (Å²) in [5, 5.41) is 12.7. The van der Waals surface area contributed by atoms with Crippen LogP contribution in [-0.4, -0.2) is 52.4 Å². The van der Waals surface area contributed by atoms with E-state index >= 15 is 0 Å². The maximum Gasteiger partial charge on any atom is 0.419 e. The van der Waals surface area contributed by atoms with Gasteiger partial charge in [0.2, 0.25) is 5.95 Å². The summed E-state index contributed by atoms with van der Waals surface area (Å²) in [4.78, 5) is 17.3. The van der Waals surface area contributed by atoms with Gasteiger partial charge < -0.3 is 20.2 Å². The number of rotatable bonds is 5. The van der Waals surface area contributed by atoms with E-state index in [4.69, 9.17) is 9.97 Å². The van der Waals surface area contributed by atoms with Gasteiger partial charge in [-0.3, -0.25) is 0 Å². The number of aromatic nitrogens is 3. The molecular formula is C27H28F6N6O. The molecule has 2 aliphatic heterocycles. The van der Waals surface area contributed by atoms with Crippen molar-refractivity contribution >= 4 is 23.3 Å². The Morgan fingerprint density at radius 2 is 1.52 bits per heavy atom. The zero-order valence-electron chi connectivity index (χ0n) is 21.4. The standard InChI is InChI=1S/C27H28F6N6O/c28-26(29,30)20-5-4-12-34-24(20)38-15-10-19-21(11-16-38)36-25(39-13-2-1-3-14-39)37-23(19)35-18-8-6-17(7-9-18)22(40)27(31,32)33/h4-9,12,22,40H,1-3,10-11,13-16H2,(H,35,36,37). The fraction of sp³-hybridized carbons (Fsp3) is 0.444. The first-order valence-electron chi connectivity index (χ1n) is 13.0. The molecule has 3 aromatic rings. The highest BCUT2D eigenvalue weighted by molar-refractivity contribution is 5.63. The molecule has 13 heteroatoms. The Morgan fingerprint density at radius 1 is 0.825 bits per heavy atom. The van der Waals surface area contributed by atoms with Crippen LogP contribution in [-0.2, 0) is 19.0 Å². The van der Waals surface area contributed by atoms with Gasteiger partial charge in [0.25, 0.3) is 0 Å². The first-order chi connectivity index (χ1) is 19.0. The number of hydrogen-bond acceptors (Lipinski definition) is 7. The summed E-state index contributed by atoms with van der Waals surface area (Å²) in [7, 11) is 0. The Kier molecular flexibility index (Phi) is 7.76. The molecule has 5 rings (SSSR count). The normalized spacial score (nSPS) is 17.3. The lowest BCUT2D eigenvalue weighted by molar-refractivity contribution is -0.206. The van der Waals surface area contributed by atoms with Gasteiger partial charge in [0.15, 0.2) is 6.10 Å². The van der Waals surface area contributed by atoms with Crippen LogP contribution < -0.4 is 15.1 Å². The van der Waals surface area contributed by atoms with E-state index < -0.39 is 24.0 Å². The topological polar surface area (TPSA) is 77.4 Å². The number of pyridine rings is 1. The summed E-state index contributed by atoms with van der Waals surface area (Å²) in [5.41, 5.74) is 0.788. The van der Waals surface area contributed by atoms with Gasteiger partial charge >= 0.3 is 12.4 Å². The van der Waals surface area contributed by atoms with Gasteiger partial charge in [0.1, 0.15) is 11.6 Å². The molecule has 1 unspecified atom stereocenters. The Hall–Kier alpha value is -3.61. The Bertz CT molecular complexity index is 1320. The monoisotopic (exact) mass is 566 g/mol. The molecular weight excluding hydrogens is 538 g/mol. The number of benzene rings is 1. The minimum absolute atomic E-state index is 0.139. The van der Waals surface area contributed by atoms with Crippen molar-refractivity contribution < 1.29 is 31.4 Å². The second-order valence-corrected chi connectivity index (χ2v) is 9.90. The third-order valence-electron chi connectivity index (χ3n) is 7.16. The average Bonchev–Trinajstić information content (AvgIpc) is 3.15. The number of aliphatic hydroxyl groups excluding tert-OH is 1. The minimum Gasteiger partial charge on any atom is -0.379 e. The van der Waals surface area contributed by atoms with Crippen molar-refractivity contribution in [3.8, 4) is 0 Å². The zero-order valence-corrected chi connectivity index (χ0v) is 21.4. The molecule has 1 atom stereocenters. The molecule has 0 aliphatic carbocycles. The molecule has 2 aliphatic rings. The maximum absolute atomic E-state index is 13.7. The Morgan fingerprint density at radius 3 is 2.20 bits per heavy atom. The molecule has 1 fully saturated rings. The Balaban J connectivity index is 1.46. The van der Waals surface area contributed by atoms with E-state index in [1.807, 2.05) is 0 Å². The summed E-state index contributed by atoms with van der Waals surface area (Å²) < 4.78 is 79.8. The third-order valence-corrected chi connectivity index (χ3v) is 7.16. The number of fused-ring (bicyclic) bond motifs is 1. The molecule has 0 spiro atoms. The van der Waals surface area contributed by atoms with Gasteiger partial charge in [0, 0.05) is 50.0 Å². The first kappa shape index (κ1) is 27.9. The van der Waals surface area contributed by atoms with E-state index in [0.29, 0.717) is 36.0 Å². The van der Waals surface area contributed by atoms with Gasteiger partial charge in [0.05, 0.1) is 11.3 Å². The van der Waals surface area contributed by atoms with Crippen molar-refractivity contribution in [2.75, 3.05) is 41.3 Å². The number of nitrogens with zero attached hydrogens (tertiary/aromatic N) is 5. The Labute approximate surface area is 226 Å². The lowest BCUT2D eigenvalue weighted by Gasteiger charge is -2.28. The number of aliphatic hydroxyl groups is 1. The molecule has 0 bridgehead atoms. The van der Waals surface area contributed by atoms with Crippen molar-refractivity contribution in [3.63, 3.8) is 0 Å². The first-order valence-corrected chi connectivity index (χ1v) is 13.0. The predicted octanol–water partition coefficient (Wildman–Crippen LogP) is 5.83.